The lowest BCUT2D eigenvalue weighted by Crippen LogP contribution is -2.41. The smallest absolute Gasteiger partial charge is 0.420 e. The van der Waals surface area contributed by atoms with Gasteiger partial charge in [0.2, 0.25) is 5.91 Å². The van der Waals surface area contributed by atoms with E-state index in [2.05, 4.69) is 0 Å². The molecule has 134 valence electrons. The molecular weight excluding hydrogens is 338 g/mol. The molecule has 2 unspecified atom stereocenters. The molecule has 0 aromatic heterocycles. The molecule has 1 aliphatic rings. The van der Waals surface area contributed by atoms with Gasteiger partial charge in [-0.25, -0.2) is 14.5 Å². The molecular formula is C15H21NO7S. The third-order valence-corrected chi connectivity index (χ3v) is 4.90. The van der Waals surface area contributed by atoms with Crippen LogP contribution < -0.4 is 0 Å². The molecule has 1 heterocycles. The van der Waals surface area contributed by atoms with Gasteiger partial charge in [0.25, 0.3) is 0 Å². The zero-order chi connectivity index (χ0) is 18.4. The van der Waals surface area contributed by atoms with Gasteiger partial charge in [0, 0.05) is 12.7 Å². The number of carbonyl (C=O) groups excluding carboxylic acids is 2. The molecule has 2 amide bonds. The summed E-state index contributed by atoms with van der Waals surface area (Å²) in [5, 5.41) is 18.0. The maximum Gasteiger partial charge on any atom is 0.420 e. The summed E-state index contributed by atoms with van der Waals surface area (Å²) in [6.45, 7) is 4.48. The first kappa shape index (κ1) is 20.0. The summed E-state index contributed by atoms with van der Waals surface area (Å²) in [6.07, 6.45) is -0.117. The summed E-state index contributed by atoms with van der Waals surface area (Å²) < 4.78 is 4.84. The Bertz CT molecular complexity index is 572. The van der Waals surface area contributed by atoms with Crippen LogP contribution in [-0.4, -0.2) is 56.7 Å². The molecule has 0 saturated heterocycles. The van der Waals surface area contributed by atoms with Gasteiger partial charge >= 0.3 is 18.0 Å². The second-order valence-corrected chi connectivity index (χ2v) is 6.32. The number of ether oxygens (including phenoxy) is 1. The van der Waals surface area contributed by atoms with E-state index >= 15 is 0 Å². The van der Waals surface area contributed by atoms with Crippen molar-refractivity contribution in [2.45, 2.75) is 38.9 Å². The van der Waals surface area contributed by atoms with Crippen molar-refractivity contribution in [1.29, 1.82) is 0 Å². The molecule has 0 spiro atoms. The van der Waals surface area contributed by atoms with Gasteiger partial charge in [0.05, 0.1) is 29.0 Å². The highest BCUT2D eigenvalue weighted by Gasteiger charge is 2.44. The summed E-state index contributed by atoms with van der Waals surface area (Å²) in [7, 11) is 0. The lowest BCUT2D eigenvalue weighted by Gasteiger charge is -2.28. The Morgan fingerprint density at radius 3 is 2.33 bits per heavy atom. The lowest BCUT2D eigenvalue weighted by atomic mass is 9.95. The predicted molar refractivity (Wildman–Crippen MR) is 86.5 cm³/mol. The first-order chi connectivity index (χ1) is 11.3. The number of carboxylic acid groups (broad SMARTS) is 2. The van der Waals surface area contributed by atoms with Crippen LogP contribution in [0.15, 0.2) is 11.3 Å². The average molecular weight is 359 g/mol. The van der Waals surface area contributed by atoms with Crippen LogP contribution >= 0.6 is 11.8 Å². The van der Waals surface area contributed by atoms with E-state index in [1.807, 2.05) is 6.92 Å². The number of imide groups is 1. The fraction of sp³-hybridized carbons (Fsp3) is 0.600. The number of aliphatic carboxylic acids is 2. The van der Waals surface area contributed by atoms with Gasteiger partial charge in [0.15, 0.2) is 0 Å². The highest BCUT2D eigenvalue weighted by molar-refractivity contribution is 8.00. The summed E-state index contributed by atoms with van der Waals surface area (Å²) in [5.41, 5.74) is -0.227. The number of nitrogens with zero attached hydrogens (tertiary/aromatic N) is 1. The zero-order valence-electron chi connectivity index (χ0n) is 13.8. The molecule has 1 rings (SSSR count). The van der Waals surface area contributed by atoms with Crippen LogP contribution in [0.2, 0.25) is 0 Å². The number of hydrogen-bond donors (Lipinski definition) is 2. The Labute approximate surface area is 143 Å². The molecule has 9 heteroatoms. The lowest BCUT2D eigenvalue weighted by molar-refractivity contribution is -0.142. The van der Waals surface area contributed by atoms with Gasteiger partial charge in [0.1, 0.15) is 0 Å². The van der Waals surface area contributed by atoms with E-state index < -0.39 is 35.1 Å². The highest BCUT2D eigenvalue weighted by atomic mass is 32.2. The van der Waals surface area contributed by atoms with Crippen molar-refractivity contribution in [3.8, 4) is 0 Å². The largest absolute Gasteiger partial charge is 0.481 e. The molecule has 0 saturated carbocycles. The van der Waals surface area contributed by atoms with Gasteiger partial charge in [-0.15, -0.1) is 11.8 Å². The molecule has 2 N–H and O–H groups in total. The maximum atomic E-state index is 12.1. The topological polar surface area (TPSA) is 121 Å². The second kappa shape index (κ2) is 8.72. The van der Waals surface area contributed by atoms with E-state index in [9.17, 15) is 29.4 Å². The van der Waals surface area contributed by atoms with Crippen LogP contribution in [0.1, 0.15) is 33.6 Å². The van der Waals surface area contributed by atoms with Crippen molar-refractivity contribution in [3.63, 3.8) is 0 Å². The van der Waals surface area contributed by atoms with E-state index in [1.54, 1.807) is 6.92 Å². The summed E-state index contributed by atoms with van der Waals surface area (Å²) in [6, 6.07) is 0. The van der Waals surface area contributed by atoms with Gasteiger partial charge < -0.3 is 14.9 Å². The average Bonchev–Trinajstić information content (AvgIpc) is 2.88. The second-order valence-electron chi connectivity index (χ2n) is 5.19. The standard InChI is InChI=1S/C15H21NO7S/c1-4-6-9(13(18)19)12-11(10(7-24-12)14(20)21)16(8(3)17)15(22)23-5-2/h9,12H,4-7H2,1-3H3,(H,18,19)(H,20,21). The van der Waals surface area contributed by atoms with Gasteiger partial charge in [-0.05, 0) is 13.3 Å². The first-order valence-electron chi connectivity index (χ1n) is 7.54. The van der Waals surface area contributed by atoms with Crippen molar-refractivity contribution in [2.24, 2.45) is 5.92 Å². The minimum absolute atomic E-state index is 0.00737. The highest BCUT2D eigenvalue weighted by Crippen LogP contribution is 2.41. The molecule has 0 aromatic rings. The minimum atomic E-state index is -1.28. The van der Waals surface area contributed by atoms with Crippen LogP contribution in [0.3, 0.4) is 0 Å². The summed E-state index contributed by atoms with van der Waals surface area (Å²) in [5.74, 6) is -3.97. The van der Waals surface area contributed by atoms with Crippen molar-refractivity contribution in [3.05, 3.63) is 11.3 Å². The van der Waals surface area contributed by atoms with Crippen LogP contribution in [0.25, 0.3) is 0 Å². The van der Waals surface area contributed by atoms with Crippen molar-refractivity contribution < 1.29 is 34.1 Å². The van der Waals surface area contributed by atoms with Gasteiger partial charge in [-0.2, -0.15) is 0 Å². The normalized spacial score (nSPS) is 18.2. The monoisotopic (exact) mass is 359 g/mol. The molecule has 0 fully saturated rings. The van der Waals surface area contributed by atoms with Gasteiger partial charge in [-0.3, -0.25) is 9.59 Å². The van der Waals surface area contributed by atoms with Crippen molar-refractivity contribution >= 4 is 35.7 Å². The molecule has 0 aliphatic carbocycles. The fourth-order valence-corrected chi connectivity index (χ4v) is 4.05. The van der Waals surface area contributed by atoms with E-state index in [0.717, 1.165) is 18.7 Å². The molecule has 8 nitrogen and oxygen atoms in total. The number of thioether (sulfide) groups is 1. The zero-order valence-corrected chi connectivity index (χ0v) is 14.6. The Balaban J connectivity index is 3.42. The first-order valence-corrected chi connectivity index (χ1v) is 8.59. The maximum absolute atomic E-state index is 12.1. The summed E-state index contributed by atoms with van der Waals surface area (Å²) in [4.78, 5) is 47.8. The van der Waals surface area contributed by atoms with Crippen LogP contribution in [0.5, 0.6) is 0 Å². The van der Waals surface area contributed by atoms with Crippen molar-refractivity contribution in [2.75, 3.05) is 12.4 Å². The van der Waals surface area contributed by atoms with Crippen LogP contribution in [0, 0.1) is 5.92 Å². The van der Waals surface area contributed by atoms with E-state index in [1.165, 1.54) is 0 Å². The van der Waals surface area contributed by atoms with E-state index in [-0.39, 0.29) is 23.6 Å². The van der Waals surface area contributed by atoms with E-state index in [4.69, 9.17) is 4.74 Å². The fourth-order valence-electron chi connectivity index (χ4n) is 2.54. The molecule has 0 aromatic carbocycles. The molecule has 2 atom stereocenters. The number of rotatable bonds is 7. The Hall–Kier alpha value is -2.03. The summed E-state index contributed by atoms with van der Waals surface area (Å²) >= 11 is 1.11. The molecule has 24 heavy (non-hydrogen) atoms. The molecule has 0 bridgehead atoms. The van der Waals surface area contributed by atoms with Crippen LogP contribution in [-0.2, 0) is 19.1 Å². The van der Waals surface area contributed by atoms with Gasteiger partial charge in [-0.1, -0.05) is 13.3 Å². The minimum Gasteiger partial charge on any atom is -0.481 e. The Kier molecular flexibility index (Phi) is 7.27. The third-order valence-electron chi connectivity index (χ3n) is 3.53. The van der Waals surface area contributed by atoms with Crippen LogP contribution in [0.4, 0.5) is 4.79 Å². The Morgan fingerprint density at radius 2 is 1.92 bits per heavy atom. The van der Waals surface area contributed by atoms with Crippen molar-refractivity contribution in [1.82, 2.24) is 4.90 Å². The molecule has 0 radical (unpaired) electrons. The number of amides is 2. The molecule has 1 aliphatic heterocycles. The third kappa shape index (κ3) is 4.28. The number of hydrogen-bond acceptors (Lipinski definition) is 6. The quantitative estimate of drug-likeness (QED) is 0.707. The Morgan fingerprint density at radius 1 is 1.29 bits per heavy atom. The predicted octanol–water partition coefficient (Wildman–Crippen LogP) is 1.95. The number of carbonyl (C=O) groups is 4. The SMILES string of the molecule is CCCC(C(=O)O)C1SCC(C(=O)O)=C1N(C(C)=O)C(=O)OCC. The van der Waals surface area contributed by atoms with E-state index in [0.29, 0.717) is 17.7 Å². The number of carboxylic acids is 2.